The molecule has 0 amide bonds. The smallest absolute Gasteiger partial charge is 0 e. The maximum atomic E-state index is 0. The van der Waals surface area contributed by atoms with Crippen LogP contribution in [0.1, 0.15) is 0 Å². The molecule has 0 aliphatic heterocycles. The Morgan fingerprint density at radius 1 is 0.750 bits per heavy atom. The van der Waals surface area contributed by atoms with Gasteiger partial charge in [-0.15, -0.1) is 0 Å². The summed E-state index contributed by atoms with van der Waals surface area (Å²) in [5.41, 5.74) is 0. The van der Waals surface area contributed by atoms with Crippen molar-refractivity contribution in [3.8, 4) is 0 Å². The summed E-state index contributed by atoms with van der Waals surface area (Å²) >= 11 is 0. The molecule has 33 valence electrons. The minimum absolute atomic E-state index is 0. The second-order valence-electron chi connectivity index (χ2n) is 0. The molecule has 0 aromatic carbocycles. The van der Waals surface area contributed by atoms with Gasteiger partial charge in [-0.1, -0.05) is 0 Å². The SMILES string of the molecule is [Mn].[Mo].[Ni].[Ni]. The van der Waals surface area contributed by atoms with Gasteiger partial charge in [0.1, 0.15) is 0 Å². The fraction of sp³-hybridized carbons (Fsp3) is 0. The summed E-state index contributed by atoms with van der Waals surface area (Å²) in [6.45, 7) is 0. The summed E-state index contributed by atoms with van der Waals surface area (Å²) in [6.07, 6.45) is 0. The summed E-state index contributed by atoms with van der Waals surface area (Å²) < 4.78 is 0. The first-order valence-corrected chi connectivity index (χ1v) is 0. The van der Waals surface area contributed by atoms with E-state index in [1.165, 1.54) is 0 Å². The number of hydrogen-bond donors (Lipinski definition) is 0. The van der Waals surface area contributed by atoms with Crippen LogP contribution in [0.15, 0.2) is 0 Å². The minimum atomic E-state index is 0. The fourth-order valence-corrected chi connectivity index (χ4v) is 0. The Bertz CT molecular complexity index is 6.00. The maximum absolute atomic E-state index is 0. The van der Waals surface area contributed by atoms with Crippen LogP contribution in [0.2, 0.25) is 0 Å². The Kier molecular flexibility index (Phi) is 165. The average Bonchev–Trinajstić information content (AvgIpc) is 0. The number of rotatable bonds is 0. The minimum Gasteiger partial charge on any atom is 0 e. The van der Waals surface area contributed by atoms with E-state index >= 15 is 0 Å². The molecule has 0 nitrogen and oxygen atoms in total. The summed E-state index contributed by atoms with van der Waals surface area (Å²) in [7, 11) is 0. The summed E-state index contributed by atoms with van der Waals surface area (Å²) in [4.78, 5) is 0. The molecule has 1 radical (unpaired) electrons. The normalized spacial score (nSPS) is 0. The van der Waals surface area contributed by atoms with Gasteiger partial charge in [0, 0.05) is 71.1 Å². The molecule has 0 aromatic heterocycles. The Labute approximate surface area is 70.4 Å². The molecule has 0 atom stereocenters. The summed E-state index contributed by atoms with van der Waals surface area (Å²) in [5, 5.41) is 0. The van der Waals surface area contributed by atoms with E-state index in [0.29, 0.717) is 0 Å². The van der Waals surface area contributed by atoms with E-state index in [2.05, 4.69) is 0 Å². The molecule has 0 unspecified atom stereocenters. The van der Waals surface area contributed by atoms with Gasteiger partial charge in [-0.05, 0) is 0 Å². The molecule has 4 heavy (non-hydrogen) atoms. The second kappa shape index (κ2) is 19.0. The topological polar surface area (TPSA) is 0 Å². The molecular formula is MnMoNi2. The van der Waals surface area contributed by atoms with Gasteiger partial charge < -0.3 is 0 Å². The van der Waals surface area contributed by atoms with E-state index < -0.39 is 0 Å². The Balaban J connectivity index is 0. The third-order valence-corrected chi connectivity index (χ3v) is 0. The van der Waals surface area contributed by atoms with Gasteiger partial charge in [-0.3, -0.25) is 0 Å². The van der Waals surface area contributed by atoms with Crippen LogP contribution in [0.25, 0.3) is 0 Å². The van der Waals surface area contributed by atoms with Crippen LogP contribution in [0.5, 0.6) is 0 Å². The summed E-state index contributed by atoms with van der Waals surface area (Å²) in [5.74, 6) is 0. The van der Waals surface area contributed by atoms with Crippen LogP contribution in [0.3, 0.4) is 0 Å². The van der Waals surface area contributed by atoms with Crippen molar-refractivity contribution < 1.29 is 71.1 Å². The average molecular weight is 268 g/mol. The van der Waals surface area contributed by atoms with E-state index in [1.807, 2.05) is 0 Å². The van der Waals surface area contributed by atoms with Gasteiger partial charge >= 0.3 is 0 Å². The molecule has 0 rings (SSSR count). The molecule has 0 aromatic rings. The predicted octanol–water partition coefficient (Wildman–Crippen LogP) is -0.0100. The van der Waals surface area contributed by atoms with Gasteiger partial charge in [-0.25, -0.2) is 0 Å². The van der Waals surface area contributed by atoms with E-state index in [0.717, 1.165) is 0 Å². The largest absolute Gasteiger partial charge is 0 e. The van der Waals surface area contributed by atoms with Crippen molar-refractivity contribution >= 4 is 0 Å². The van der Waals surface area contributed by atoms with E-state index in [1.54, 1.807) is 0 Å². The fourth-order valence-electron chi connectivity index (χ4n) is 0. The molecular weight excluding hydrogens is 268 g/mol. The predicted molar refractivity (Wildman–Crippen MR) is 0 cm³/mol. The van der Waals surface area contributed by atoms with Crippen molar-refractivity contribution in [1.82, 2.24) is 0 Å². The van der Waals surface area contributed by atoms with Crippen LogP contribution in [-0.4, -0.2) is 0 Å². The van der Waals surface area contributed by atoms with Gasteiger partial charge in [0.15, 0.2) is 0 Å². The first-order chi connectivity index (χ1) is 0. The molecule has 0 N–H and O–H groups in total. The third kappa shape index (κ3) is 8.89. The van der Waals surface area contributed by atoms with Gasteiger partial charge in [0.2, 0.25) is 0 Å². The second-order valence-corrected chi connectivity index (χ2v) is 0. The standard InChI is InChI=1S/Mn.Mo.2Ni. The van der Waals surface area contributed by atoms with Crippen LogP contribution >= 0.6 is 0 Å². The third-order valence-electron chi connectivity index (χ3n) is 0. The number of hydrogen-bond acceptors (Lipinski definition) is 0. The molecule has 0 spiro atoms. The van der Waals surface area contributed by atoms with Crippen molar-refractivity contribution in [3.63, 3.8) is 0 Å². The first kappa shape index (κ1) is 34.7. The molecule has 0 heterocycles. The van der Waals surface area contributed by atoms with Crippen molar-refractivity contribution in [2.45, 2.75) is 0 Å². The molecule has 0 saturated carbocycles. The van der Waals surface area contributed by atoms with Crippen molar-refractivity contribution in [2.75, 3.05) is 0 Å². The van der Waals surface area contributed by atoms with Crippen LogP contribution < -0.4 is 0 Å². The quantitative estimate of drug-likeness (QED) is 0.542. The van der Waals surface area contributed by atoms with Crippen LogP contribution in [-0.2, 0) is 71.1 Å². The molecule has 4 heteroatoms. The Hall–Kier alpha value is 2.19. The molecule has 0 aliphatic rings. The Morgan fingerprint density at radius 2 is 0.750 bits per heavy atom. The van der Waals surface area contributed by atoms with Gasteiger partial charge in [0.25, 0.3) is 0 Å². The molecule has 0 fully saturated rings. The van der Waals surface area contributed by atoms with Crippen LogP contribution in [0.4, 0.5) is 0 Å². The van der Waals surface area contributed by atoms with Gasteiger partial charge in [-0.2, -0.15) is 0 Å². The zero-order chi connectivity index (χ0) is 0. The molecule has 0 saturated heterocycles. The molecule has 0 bridgehead atoms. The van der Waals surface area contributed by atoms with E-state index in [-0.39, 0.29) is 71.1 Å². The van der Waals surface area contributed by atoms with E-state index in [4.69, 9.17) is 0 Å². The Morgan fingerprint density at radius 3 is 0.750 bits per heavy atom. The monoisotopic (exact) mass is 269 g/mol. The molecule has 0 aliphatic carbocycles. The summed E-state index contributed by atoms with van der Waals surface area (Å²) in [6, 6.07) is 0. The maximum Gasteiger partial charge on any atom is 0 e. The van der Waals surface area contributed by atoms with Crippen LogP contribution in [0, 0.1) is 0 Å². The van der Waals surface area contributed by atoms with E-state index in [9.17, 15) is 0 Å². The van der Waals surface area contributed by atoms with Crippen molar-refractivity contribution in [2.24, 2.45) is 0 Å². The van der Waals surface area contributed by atoms with Crippen molar-refractivity contribution in [3.05, 3.63) is 0 Å². The van der Waals surface area contributed by atoms with Crippen molar-refractivity contribution in [1.29, 1.82) is 0 Å². The van der Waals surface area contributed by atoms with Gasteiger partial charge in [0.05, 0.1) is 0 Å². The first-order valence-electron chi connectivity index (χ1n) is 0. The zero-order valence-corrected chi connectivity index (χ0v) is 6.58. The zero-order valence-electron chi connectivity index (χ0n) is 1.42.